The number of benzene rings is 19. The summed E-state index contributed by atoms with van der Waals surface area (Å²) in [4.78, 5) is 0. The number of nitrogens with zero attached hydrogens (tertiary/aromatic N) is 6. The summed E-state index contributed by atoms with van der Waals surface area (Å²) >= 11 is 1.88. The Morgan fingerprint density at radius 2 is 0.545 bits per heavy atom. The van der Waals surface area contributed by atoms with Crippen molar-refractivity contribution in [2.45, 2.75) is 6.42 Å². The van der Waals surface area contributed by atoms with Crippen molar-refractivity contribution in [2.24, 2.45) is 0 Å². The number of hydrogen-bond acceptors (Lipinski definition) is 2. The average Bonchev–Trinajstić information content (AvgIpc) is 1.54. The summed E-state index contributed by atoms with van der Waals surface area (Å²) in [5.74, 6) is 0. The van der Waals surface area contributed by atoms with Gasteiger partial charge in [-0.05, 0) is 177 Å². The second-order valence-corrected chi connectivity index (χ2v) is 34.6. The van der Waals surface area contributed by atoms with Gasteiger partial charge in [0.25, 0.3) is 0 Å². The molecule has 0 amide bonds. The Kier molecular flexibility index (Phi) is 13.1. The van der Waals surface area contributed by atoms with Crippen LogP contribution < -0.4 is 0 Å². The maximum atomic E-state index is 6.30. The first kappa shape index (κ1) is 66.0. The van der Waals surface area contributed by atoms with Crippen LogP contribution in [0.1, 0.15) is 11.1 Å². The first-order valence-corrected chi connectivity index (χ1v) is 43.3. The van der Waals surface area contributed by atoms with Crippen LogP contribution in [0, 0.1) is 0 Å². The first-order chi connectivity index (χ1) is 61.1. The highest BCUT2D eigenvalue weighted by atomic mass is 32.1. The molecule has 0 aliphatic heterocycles. The quantitative estimate of drug-likeness (QED) is 0.173. The molecule has 0 N–H and O–H groups in total. The fourth-order valence-corrected chi connectivity index (χ4v) is 23.9. The van der Waals surface area contributed by atoms with E-state index in [1.807, 2.05) is 23.5 Å². The van der Waals surface area contributed by atoms with E-state index in [-0.39, 0.29) is 0 Å². The topological polar surface area (TPSA) is 41.2 Å². The highest BCUT2D eigenvalue weighted by Gasteiger charge is 2.29. The lowest BCUT2D eigenvalue weighted by Gasteiger charge is -2.14. The van der Waals surface area contributed by atoms with Crippen molar-refractivity contribution in [3.63, 3.8) is 0 Å². The SMILES string of the molecule is c1cc(-c2cccc3c2-c2ccccc2C3)cc(-n2c3cccc4c5cccc6c7ccccc7n(c7cccc2c7c43)c56)c1.c1ccc2c(c1)oc1cc(-n3c4cccc5c6cccc7c8ccccc8n(c8cccc3c8c54)c67)ccc12.c1ccc2c(c1)sc1cc(-n3c4cccc5c6cccc7c8ccccc8n(c8cccc3c8c54)c67)ccc12. The van der Waals surface area contributed by atoms with Crippen LogP contribution in [0.5, 0.6) is 0 Å². The zero-order valence-electron chi connectivity index (χ0n) is 66.2. The number of rotatable bonds is 4. The third-order valence-corrected chi connectivity index (χ3v) is 28.7. The van der Waals surface area contributed by atoms with Gasteiger partial charge >= 0.3 is 0 Å². The van der Waals surface area contributed by atoms with Gasteiger partial charge in [-0.25, -0.2) is 0 Å². The van der Waals surface area contributed by atoms with E-state index in [1.165, 1.54) is 245 Å². The number of hydrogen-bond donors (Lipinski definition) is 0. The molecule has 11 aromatic heterocycles. The van der Waals surface area contributed by atoms with Crippen LogP contribution in [-0.2, 0) is 6.42 Å². The lowest BCUT2D eigenvalue weighted by molar-refractivity contribution is 0.668. The number of aromatic nitrogens is 6. The maximum Gasteiger partial charge on any atom is 0.137 e. The Balaban J connectivity index is 0.0000000930. The zero-order valence-corrected chi connectivity index (χ0v) is 67.0. The monoisotopic (exact) mass is 1580 g/mol. The van der Waals surface area contributed by atoms with Crippen LogP contribution in [0.25, 0.3) is 261 Å². The van der Waals surface area contributed by atoms with E-state index in [2.05, 4.69) is 403 Å². The molecule has 0 saturated heterocycles. The minimum absolute atomic E-state index is 0.909. The minimum atomic E-state index is 0.909. The fraction of sp³-hybridized carbons (Fsp3) is 0.00870. The third kappa shape index (κ3) is 8.75. The van der Waals surface area contributed by atoms with Gasteiger partial charge in [0.05, 0.1) is 82.8 Å². The molecule has 123 heavy (non-hydrogen) atoms. The summed E-state index contributed by atoms with van der Waals surface area (Å²) in [6, 6.07) is 143. The molecule has 11 heterocycles. The minimum Gasteiger partial charge on any atom is -0.456 e. The molecule has 0 spiro atoms. The van der Waals surface area contributed by atoms with Crippen LogP contribution >= 0.6 is 11.3 Å². The largest absolute Gasteiger partial charge is 0.456 e. The van der Waals surface area contributed by atoms with Crippen molar-refractivity contribution in [1.82, 2.24) is 26.9 Å². The van der Waals surface area contributed by atoms with Gasteiger partial charge in [-0.2, -0.15) is 0 Å². The predicted octanol–water partition coefficient (Wildman–Crippen LogP) is 31.3. The Morgan fingerprint density at radius 1 is 0.203 bits per heavy atom. The maximum absolute atomic E-state index is 6.30. The molecule has 0 fully saturated rings. The lowest BCUT2D eigenvalue weighted by Crippen LogP contribution is -1.95. The van der Waals surface area contributed by atoms with Crippen LogP contribution in [-0.4, -0.2) is 26.9 Å². The highest BCUT2D eigenvalue weighted by molar-refractivity contribution is 7.25. The normalized spacial score (nSPS) is 12.7. The zero-order chi connectivity index (χ0) is 79.7. The smallest absolute Gasteiger partial charge is 0.137 e. The average molecular weight is 1580 g/mol. The number of para-hydroxylation sites is 7. The summed E-state index contributed by atoms with van der Waals surface area (Å²) in [6.45, 7) is 0. The Morgan fingerprint density at radius 3 is 1.08 bits per heavy atom. The van der Waals surface area contributed by atoms with Crippen molar-refractivity contribution in [1.29, 1.82) is 0 Å². The van der Waals surface area contributed by atoms with Crippen molar-refractivity contribution in [3.8, 4) is 39.3 Å². The molecule has 568 valence electrons. The summed E-state index contributed by atoms with van der Waals surface area (Å²) in [6.07, 6.45) is 1.00. The Hall–Kier alpha value is -16.0. The van der Waals surface area contributed by atoms with Gasteiger partial charge in [0.15, 0.2) is 0 Å². The number of fused-ring (bicyclic) bond motifs is 24. The molecule has 1 aliphatic rings. The molecule has 0 saturated carbocycles. The molecule has 7 nitrogen and oxygen atoms in total. The number of furan rings is 1. The molecular weight excluding hydrogens is 1510 g/mol. The van der Waals surface area contributed by atoms with E-state index in [0.29, 0.717) is 0 Å². The van der Waals surface area contributed by atoms with Gasteiger partial charge in [-0.3, -0.25) is 0 Å². The standard InChI is InChI=1S/C43H26N2.C36H20N2O.C36H20N2S/c1-2-14-30-26(10-1)24-28-12-6-16-31(40(28)30)27-11-5-13-29(25-27)44-37-21-8-17-33-35-19-7-18-34-32-15-3-4-20-36(32)45(43(34)35)39-23-9-22-38(44)42(39)41(33)37;2*1-3-13-28-22(8-1)26-11-5-12-27-25-10-6-14-29-34(25)35-30(15-7-16-31(35)38(28)36(26)27)37(29)21-18-19-24-23-9-2-4-17-32(23)39-33(24)20-21/h1-23,25H,24H2;2*1-20H. The highest BCUT2D eigenvalue weighted by Crippen LogP contribution is 2.51. The molecule has 30 aromatic rings. The van der Waals surface area contributed by atoms with Crippen molar-refractivity contribution >= 4 is 233 Å². The molecule has 0 unspecified atom stereocenters. The molecule has 1 aliphatic carbocycles. The van der Waals surface area contributed by atoms with Gasteiger partial charge < -0.3 is 31.3 Å². The van der Waals surface area contributed by atoms with Gasteiger partial charge in [0, 0.05) is 135 Å². The summed E-state index contributed by atoms with van der Waals surface area (Å²) in [5, 5.41) is 28.4. The van der Waals surface area contributed by atoms with Crippen LogP contribution in [0.2, 0.25) is 0 Å². The van der Waals surface area contributed by atoms with Crippen LogP contribution in [0.3, 0.4) is 0 Å². The van der Waals surface area contributed by atoms with Gasteiger partial charge in [0.2, 0.25) is 0 Å². The third-order valence-electron chi connectivity index (χ3n) is 27.5. The second kappa shape index (κ2) is 24.4. The molecule has 0 atom stereocenters. The molecule has 19 aromatic carbocycles. The molecule has 0 bridgehead atoms. The predicted molar refractivity (Wildman–Crippen MR) is 520 cm³/mol. The van der Waals surface area contributed by atoms with Gasteiger partial charge in [0.1, 0.15) is 11.2 Å². The van der Waals surface area contributed by atoms with Crippen molar-refractivity contribution in [3.05, 3.63) is 399 Å². The lowest BCUT2D eigenvalue weighted by atomic mass is 9.94. The molecular formula is C115H66N6OS. The van der Waals surface area contributed by atoms with Crippen molar-refractivity contribution < 1.29 is 4.42 Å². The first-order valence-electron chi connectivity index (χ1n) is 42.5. The summed E-state index contributed by atoms with van der Waals surface area (Å²) in [5.41, 5.74) is 32.2. The molecule has 0 radical (unpaired) electrons. The molecule has 31 rings (SSSR count). The Bertz CT molecular complexity index is 9490. The van der Waals surface area contributed by atoms with Crippen molar-refractivity contribution in [2.75, 3.05) is 0 Å². The van der Waals surface area contributed by atoms with E-state index in [1.54, 1.807) is 0 Å². The van der Waals surface area contributed by atoms with E-state index >= 15 is 0 Å². The molecule has 8 heteroatoms. The summed E-state index contributed by atoms with van der Waals surface area (Å²) < 4.78 is 23.8. The Labute approximate surface area is 704 Å². The summed E-state index contributed by atoms with van der Waals surface area (Å²) in [7, 11) is 0. The van der Waals surface area contributed by atoms with Gasteiger partial charge in [-0.1, -0.05) is 261 Å². The van der Waals surface area contributed by atoms with Crippen LogP contribution in [0.4, 0.5) is 0 Å². The van der Waals surface area contributed by atoms with E-state index < -0.39 is 0 Å². The number of thiophene rings is 1. The van der Waals surface area contributed by atoms with E-state index in [4.69, 9.17) is 4.42 Å². The van der Waals surface area contributed by atoms with E-state index in [9.17, 15) is 0 Å². The fourth-order valence-electron chi connectivity index (χ4n) is 22.7. The van der Waals surface area contributed by atoms with E-state index in [0.717, 1.165) is 34.0 Å². The van der Waals surface area contributed by atoms with Crippen LogP contribution in [0.15, 0.2) is 393 Å². The van der Waals surface area contributed by atoms with Gasteiger partial charge in [-0.15, -0.1) is 11.3 Å². The second-order valence-electron chi connectivity index (χ2n) is 33.6.